The molecule has 1 heterocycles. The van der Waals surface area contributed by atoms with Crippen LogP contribution in [0.25, 0.3) is 11.4 Å². The normalized spacial score (nSPS) is 13.2. The molecule has 3 N–H and O–H groups in total. The molecule has 0 aliphatic carbocycles. The molecule has 0 spiro atoms. The van der Waals surface area contributed by atoms with Crippen LogP contribution in [0.4, 0.5) is 5.69 Å². The first kappa shape index (κ1) is 25.1. The van der Waals surface area contributed by atoms with E-state index in [-0.39, 0.29) is 5.41 Å². The minimum Gasteiger partial charge on any atom is -0.382 e. The lowest BCUT2D eigenvalue weighted by Gasteiger charge is -2.23. The molecule has 32 heavy (non-hydrogen) atoms. The SMILES string of the molecule is C=N/C(=C(\NCC(C)(C)C)c1ccc(/N=C\C(CCCN)=N/C)cc1)c1cccc(C)n1. The molecule has 0 radical (unpaired) electrons. The lowest BCUT2D eigenvalue weighted by molar-refractivity contribution is 0.406. The summed E-state index contributed by atoms with van der Waals surface area (Å²) < 4.78 is 0. The van der Waals surface area contributed by atoms with Gasteiger partial charge in [0.1, 0.15) is 5.70 Å². The van der Waals surface area contributed by atoms with Crippen LogP contribution >= 0.6 is 0 Å². The zero-order chi connectivity index (χ0) is 23.6. The maximum absolute atomic E-state index is 5.59. The van der Waals surface area contributed by atoms with Crippen LogP contribution in [0.15, 0.2) is 57.4 Å². The van der Waals surface area contributed by atoms with E-state index in [1.807, 2.05) is 55.6 Å². The summed E-state index contributed by atoms with van der Waals surface area (Å²) in [5, 5.41) is 3.58. The van der Waals surface area contributed by atoms with Gasteiger partial charge in [0.25, 0.3) is 0 Å². The number of nitrogens with one attached hydrogen (secondary N) is 1. The Bertz CT molecular complexity index is 978. The van der Waals surface area contributed by atoms with Crippen LogP contribution < -0.4 is 11.1 Å². The number of nitrogens with two attached hydrogens (primary N) is 1. The molecule has 170 valence electrons. The molecule has 1 aromatic carbocycles. The van der Waals surface area contributed by atoms with Gasteiger partial charge in [-0.05, 0) is 62.7 Å². The summed E-state index contributed by atoms with van der Waals surface area (Å²) in [5.41, 5.74) is 11.9. The molecule has 2 aromatic rings. The first-order valence-electron chi connectivity index (χ1n) is 11.0. The van der Waals surface area contributed by atoms with Crippen molar-refractivity contribution in [2.75, 3.05) is 20.1 Å². The molecule has 2 rings (SSSR count). The maximum Gasteiger partial charge on any atom is 0.112 e. The molecular formula is C26H36N6. The van der Waals surface area contributed by atoms with Gasteiger partial charge < -0.3 is 11.1 Å². The number of aliphatic imine (C=N–C) groups is 3. The molecule has 0 aliphatic rings. The third kappa shape index (κ3) is 7.85. The minimum atomic E-state index is 0.0984. The second-order valence-electron chi connectivity index (χ2n) is 8.87. The fourth-order valence-corrected chi connectivity index (χ4v) is 3.02. The molecule has 0 bridgehead atoms. The molecule has 0 amide bonds. The van der Waals surface area contributed by atoms with Gasteiger partial charge in [0.2, 0.25) is 0 Å². The average molecular weight is 433 g/mol. The van der Waals surface area contributed by atoms with Crippen molar-refractivity contribution in [3.05, 3.63) is 59.4 Å². The molecule has 0 saturated carbocycles. The fraction of sp³-hybridized carbons (Fsp3) is 0.385. The van der Waals surface area contributed by atoms with E-state index < -0.39 is 0 Å². The number of aromatic nitrogens is 1. The Morgan fingerprint density at radius 1 is 1.16 bits per heavy atom. The van der Waals surface area contributed by atoms with Crippen molar-refractivity contribution in [1.29, 1.82) is 0 Å². The van der Waals surface area contributed by atoms with E-state index in [0.29, 0.717) is 6.54 Å². The monoisotopic (exact) mass is 432 g/mol. The van der Waals surface area contributed by atoms with Crippen LogP contribution in [0, 0.1) is 12.3 Å². The van der Waals surface area contributed by atoms with E-state index in [1.54, 1.807) is 7.05 Å². The second-order valence-corrected chi connectivity index (χ2v) is 8.87. The van der Waals surface area contributed by atoms with Crippen molar-refractivity contribution in [1.82, 2.24) is 10.3 Å². The van der Waals surface area contributed by atoms with E-state index in [0.717, 1.165) is 59.1 Å². The molecule has 0 aliphatic heterocycles. The molecule has 6 nitrogen and oxygen atoms in total. The third-order valence-electron chi connectivity index (χ3n) is 4.76. The highest BCUT2D eigenvalue weighted by Crippen LogP contribution is 2.27. The predicted molar refractivity (Wildman–Crippen MR) is 139 cm³/mol. The van der Waals surface area contributed by atoms with Gasteiger partial charge in [-0.3, -0.25) is 20.0 Å². The van der Waals surface area contributed by atoms with E-state index in [4.69, 9.17) is 5.73 Å². The van der Waals surface area contributed by atoms with Crippen molar-refractivity contribution in [3.8, 4) is 0 Å². The first-order valence-corrected chi connectivity index (χ1v) is 11.0. The summed E-state index contributed by atoms with van der Waals surface area (Å²) in [6, 6.07) is 14.0. The zero-order valence-corrected chi connectivity index (χ0v) is 20.0. The first-order chi connectivity index (χ1) is 15.3. The Kier molecular flexibility index (Phi) is 9.47. The van der Waals surface area contributed by atoms with Gasteiger partial charge in [-0.25, -0.2) is 0 Å². The fourth-order valence-electron chi connectivity index (χ4n) is 3.02. The standard InChI is InChI=1S/C26H36N6/c1-19-9-7-11-23(32-19)25(29-6)24(31-18-26(2,3)4)20-12-14-21(15-13-20)30-17-22(28-5)10-8-16-27/h7,9,11-15,17,31H,6,8,10,16,18,27H2,1-5H3/b25-24-,28-22-,30-17-. The van der Waals surface area contributed by atoms with E-state index >= 15 is 0 Å². The van der Waals surface area contributed by atoms with Gasteiger partial charge >= 0.3 is 0 Å². The number of nitrogens with zero attached hydrogens (tertiary/aromatic N) is 4. The topological polar surface area (TPSA) is 88.0 Å². The van der Waals surface area contributed by atoms with Gasteiger partial charge in [0.15, 0.2) is 0 Å². The molecule has 0 unspecified atom stereocenters. The summed E-state index contributed by atoms with van der Waals surface area (Å²) in [4.78, 5) is 17.9. The maximum atomic E-state index is 5.59. The second kappa shape index (κ2) is 12.1. The molecule has 0 fully saturated rings. The molecular weight excluding hydrogens is 396 g/mol. The Morgan fingerprint density at radius 3 is 2.44 bits per heavy atom. The van der Waals surface area contributed by atoms with Gasteiger partial charge in [-0.15, -0.1) is 0 Å². The number of aryl methyl sites for hydroxylation is 1. The van der Waals surface area contributed by atoms with Crippen LogP contribution in [0.2, 0.25) is 0 Å². The van der Waals surface area contributed by atoms with Crippen LogP contribution in [0.1, 0.15) is 50.6 Å². The van der Waals surface area contributed by atoms with Crippen molar-refractivity contribution in [3.63, 3.8) is 0 Å². The smallest absolute Gasteiger partial charge is 0.112 e. The van der Waals surface area contributed by atoms with Crippen molar-refractivity contribution < 1.29 is 0 Å². The highest BCUT2D eigenvalue weighted by Gasteiger charge is 2.16. The van der Waals surface area contributed by atoms with Gasteiger partial charge in [0.05, 0.1) is 22.8 Å². The Labute approximate surface area is 192 Å². The summed E-state index contributed by atoms with van der Waals surface area (Å²) >= 11 is 0. The zero-order valence-electron chi connectivity index (χ0n) is 20.0. The largest absolute Gasteiger partial charge is 0.382 e. The van der Waals surface area contributed by atoms with Gasteiger partial charge in [-0.2, -0.15) is 0 Å². The predicted octanol–water partition coefficient (Wildman–Crippen LogP) is 5.06. The quantitative estimate of drug-likeness (QED) is 0.514. The summed E-state index contributed by atoms with van der Waals surface area (Å²) in [5.74, 6) is 0. The van der Waals surface area contributed by atoms with Gasteiger partial charge in [-0.1, -0.05) is 39.0 Å². The number of hydrogen-bond acceptors (Lipinski definition) is 6. The van der Waals surface area contributed by atoms with Gasteiger partial charge in [0, 0.05) is 31.1 Å². The Hall–Kier alpha value is -3.12. The summed E-state index contributed by atoms with van der Waals surface area (Å²) in [7, 11) is 1.78. The molecule has 6 heteroatoms. The highest BCUT2D eigenvalue weighted by atomic mass is 14.9. The van der Waals surface area contributed by atoms with Crippen molar-refractivity contribution in [2.24, 2.45) is 26.1 Å². The Balaban J connectivity index is 2.40. The number of hydrogen-bond donors (Lipinski definition) is 2. The van der Waals surface area contributed by atoms with E-state index in [1.165, 1.54) is 0 Å². The number of benzene rings is 1. The Morgan fingerprint density at radius 2 is 1.88 bits per heavy atom. The van der Waals surface area contributed by atoms with Crippen molar-refractivity contribution in [2.45, 2.75) is 40.5 Å². The van der Waals surface area contributed by atoms with Crippen LogP contribution in [0.3, 0.4) is 0 Å². The van der Waals surface area contributed by atoms with Crippen LogP contribution in [0.5, 0.6) is 0 Å². The van der Waals surface area contributed by atoms with E-state index in [9.17, 15) is 0 Å². The summed E-state index contributed by atoms with van der Waals surface area (Å²) in [6.07, 6.45) is 3.54. The summed E-state index contributed by atoms with van der Waals surface area (Å²) in [6.45, 7) is 13.8. The highest BCUT2D eigenvalue weighted by molar-refractivity contribution is 6.31. The third-order valence-corrected chi connectivity index (χ3v) is 4.76. The lowest BCUT2D eigenvalue weighted by Crippen LogP contribution is -2.26. The van der Waals surface area contributed by atoms with Crippen molar-refractivity contribution >= 4 is 35.7 Å². The van der Waals surface area contributed by atoms with Crippen LogP contribution in [-0.2, 0) is 0 Å². The number of pyridine rings is 1. The molecule has 0 atom stereocenters. The lowest BCUT2D eigenvalue weighted by atomic mass is 9.96. The number of rotatable bonds is 10. The molecule has 1 aromatic heterocycles. The average Bonchev–Trinajstić information content (AvgIpc) is 2.76. The minimum absolute atomic E-state index is 0.0984. The molecule has 0 saturated heterocycles. The van der Waals surface area contributed by atoms with E-state index in [2.05, 4.69) is 52.8 Å². The van der Waals surface area contributed by atoms with Crippen LogP contribution in [-0.4, -0.2) is 43.8 Å².